The van der Waals surface area contributed by atoms with Crippen LogP contribution in [0.1, 0.15) is 37.9 Å². The van der Waals surface area contributed by atoms with Gasteiger partial charge >= 0.3 is 0 Å². The molecule has 1 saturated heterocycles. The number of aromatic nitrogens is 1. The van der Waals surface area contributed by atoms with Crippen molar-refractivity contribution < 1.29 is 5.21 Å². The van der Waals surface area contributed by atoms with Crippen LogP contribution in [0, 0.1) is 11.8 Å². The molecule has 0 spiro atoms. The van der Waals surface area contributed by atoms with Crippen molar-refractivity contribution in [1.29, 1.82) is 0 Å². The molecule has 0 unspecified atom stereocenters. The SMILES string of the molecule is CC(C)C1CCN(Cc2cccnc2/C(N)=N/O)CC1. The molecule has 1 fully saturated rings. The van der Waals surface area contributed by atoms with Crippen molar-refractivity contribution in [2.24, 2.45) is 22.7 Å². The second-order valence-corrected chi connectivity index (χ2v) is 5.85. The van der Waals surface area contributed by atoms with Crippen LogP contribution in [0.2, 0.25) is 0 Å². The Balaban J connectivity index is 2.01. The molecular formula is C15H24N4O. The molecule has 2 rings (SSSR count). The van der Waals surface area contributed by atoms with Crippen LogP contribution in [0.4, 0.5) is 0 Å². The highest BCUT2D eigenvalue weighted by atomic mass is 16.4. The van der Waals surface area contributed by atoms with E-state index in [2.05, 4.69) is 28.9 Å². The normalized spacial score (nSPS) is 18.6. The van der Waals surface area contributed by atoms with Gasteiger partial charge in [-0.05, 0) is 49.4 Å². The first-order valence-electron chi connectivity index (χ1n) is 7.26. The van der Waals surface area contributed by atoms with Crippen molar-refractivity contribution in [3.05, 3.63) is 29.6 Å². The minimum atomic E-state index is 0.0812. The largest absolute Gasteiger partial charge is 0.409 e. The quantitative estimate of drug-likeness (QED) is 0.382. The van der Waals surface area contributed by atoms with Crippen LogP contribution < -0.4 is 5.73 Å². The lowest BCUT2D eigenvalue weighted by Gasteiger charge is -2.34. The molecule has 20 heavy (non-hydrogen) atoms. The molecule has 1 aliphatic rings. The number of amidine groups is 1. The standard InChI is InChI=1S/C15H24N4O/c1-11(2)12-5-8-19(9-6-12)10-13-4-3-7-17-14(13)15(16)18-20/h3-4,7,11-12,20H,5-6,8-10H2,1-2H3,(H2,16,18). The van der Waals surface area contributed by atoms with E-state index >= 15 is 0 Å². The molecule has 0 aromatic carbocycles. The maximum Gasteiger partial charge on any atom is 0.189 e. The van der Waals surface area contributed by atoms with Gasteiger partial charge in [0.25, 0.3) is 0 Å². The van der Waals surface area contributed by atoms with Crippen LogP contribution in [-0.4, -0.2) is 34.0 Å². The first-order chi connectivity index (χ1) is 9.61. The number of rotatable bonds is 4. The maximum atomic E-state index is 8.82. The van der Waals surface area contributed by atoms with Gasteiger partial charge in [-0.15, -0.1) is 0 Å². The zero-order valence-electron chi connectivity index (χ0n) is 12.3. The summed E-state index contributed by atoms with van der Waals surface area (Å²) in [4.78, 5) is 6.64. The van der Waals surface area contributed by atoms with Gasteiger partial charge in [0.05, 0.1) is 0 Å². The van der Waals surface area contributed by atoms with E-state index in [1.807, 2.05) is 12.1 Å². The monoisotopic (exact) mass is 276 g/mol. The van der Waals surface area contributed by atoms with Crippen molar-refractivity contribution >= 4 is 5.84 Å². The van der Waals surface area contributed by atoms with Gasteiger partial charge in [-0.1, -0.05) is 25.1 Å². The summed E-state index contributed by atoms with van der Waals surface area (Å²) in [5.41, 5.74) is 7.28. The molecule has 1 aromatic rings. The fourth-order valence-electron chi connectivity index (χ4n) is 2.86. The average Bonchev–Trinajstić information content (AvgIpc) is 2.47. The highest BCUT2D eigenvalue weighted by Gasteiger charge is 2.22. The third-order valence-corrected chi connectivity index (χ3v) is 4.21. The number of likely N-dealkylation sites (tertiary alicyclic amines) is 1. The van der Waals surface area contributed by atoms with Gasteiger partial charge in [0.1, 0.15) is 5.69 Å². The number of hydrogen-bond acceptors (Lipinski definition) is 4. The molecule has 5 heteroatoms. The molecule has 0 amide bonds. The summed E-state index contributed by atoms with van der Waals surface area (Å²) in [6.07, 6.45) is 4.16. The van der Waals surface area contributed by atoms with Crippen LogP contribution >= 0.6 is 0 Å². The van der Waals surface area contributed by atoms with Gasteiger partial charge in [0.15, 0.2) is 5.84 Å². The van der Waals surface area contributed by atoms with Crippen molar-refractivity contribution in [2.45, 2.75) is 33.2 Å². The van der Waals surface area contributed by atoms with Gasteiger partial charge in [0.2, 0.25) is 0 Å². The Hall–Kier alpha value is -1.62. The van der Waals surface area contributed by atoms with E-state index in [4.69, 9.17) is 10.9 Å². The molecule has 0 saturated carbocycles. The second kappa shape index (κ2) is 6.70. The van der Waals surface area contributed by atoms with Crippen LogP contribution in [0.3, 0.4) is 0 Å². The van der Waals surface area contributed by atoms with E-state index in [0.717, 1.165) is 37.0 Å². The fraction of sp³-hybridized carbons (Fsp3) is 0.600. The van der Waals surface area contributed by atoms with Crippen molar-refractivity contribution in [1.82, 2.24) is 9.88 Å². The number of nitrogens with zero attached hydrogens (tertiary/aromatic N) is 3. The maximum absolute atomic E-state index is 8.82. The van der Waals surface area contributed by atoms with E-state index in [1.165, 1.54) is 12.8 Å². The number of piperidine rings is 1. The predicted octanol–water partition coefficient (Wildman–Crippen LogP) is 2.04. The van der Waals surface area contributed by atoms with Crippen LogP contribution in [0.5, 0.6) is 0 Å². The minimum absolute atomic E-state index is 0.0812. The number of nitrogens with two attached hydrogens (primary N) is 1. The number of pyridine rings is 1. The fourth-order valence-corrected chi connectivity index (χ4v) is 2.86. The topological polar surface area (TPSA) is 74.7 Å². The number of hydrogen-bond donors (Lipinski definition) is 2. The van der Waals surface area contributed by atoms with Crippen LogP contribution in [0.15, 0.2) is 23.5 Å². The van der Waals surface area contributed by atoms with E-state index in [1.54, 1.807) is 6.20 Å². The Morgan fingerprint density at radius 2 is 2.20 bits per heavy atom. The summed E-state index contributed by atoms with van der Waals surface area (Å²) < 4.78 is 0. The molecule has 2 heterocycles. The summed E-state index contributed by atoms with van der Waals surface area (Å²) in [6.45, 7) is 7.63. The van der Waals surface area contributed by atoms with E-state index in [9.17, 15) is 0 Å². The van der Waals surface area contributed by atoms with Crippen LogP contribution in [0.25, 0.3) is 0 Å². The van der Waals surface area contributed by atoms with E-state index in [0.29, 0.717) is 5.69 Å². The van der Waals surface area contributed by atoms with Crippen LogP contribution in [-0.2, 0) is 6.54 Å². The Morgan fingerprint density at radius 1 is 1.50 bits per heavy atom. The van der Waals surface area contributed by atoms with Crippen molar-refractivity contribution in [3.63, 3.8) is 0 Å². The Kier molecular flexibility index (Phi) is 4.95. The molecule has 1 aromatic heterocycles. The second-order valence-electron chi connectivity index (χ2n) is 5.85. The summed E-state index contributed by atoms with van der Waals surface area (Å²) in [7, 11) is 0. The first kappa shape index (κ1) is 14.8. The summed E-state index contributed by atoms with van der Waals surface area (Å²) in [5, 5.41) is 11.9. The zero-order valence-corrected chi connectivity index (χ0v) is 12.3. The minimum Gasteiger partial charge on any atom is -0.409 e. The lowest BCUT2D eigenvalue weighted by Crippen LogP contribution is -2.35. The molecule has 0 bridgehead atoms. The summed E-state index contributed by atoms with van der Waals surface area (Å²) in [5.74, 6) is 1.68. The highest BCUT2D eigenvalue weighted by molar-refractivity contribution is 5.96. The highest BCUT2D eigenvalue weighted by Crippen LogP contribution is 2.25. The van der Waals surface area contributed by atoms with Gasteiger partial charge in [0, 0.05) is 12.7 Å². The third kappa shape index (κ3) is 3.48. The lowest BCUT2D eigenvalue weighted by molar-refractivity contribution is 0.152. The average molecular weight is 276 g/mol. The summed E-state index contributed by atoms with van der Waals surface area (Å²) >= 11 is 0. The van der Waals surface area contributed by atoms with Crippen molar-refractivity contribution in [2.75, 3.05) is 13.1 Å². The van der Waals surface area contributed by atoms with Gasteiger partial charge in [-0.25, -0.2) is 0 Å². The molecule has 110 valence electrons. The Bertz CT molecular complexity index is 465. The number of oxime groups is 1. The molecule has 0 aliphatic carbocycles. The molecule has 1 aliphatic heterocycles. The molecule has 3 N–H and O–H groups in total. The van der Waals surface area contributed by atoms with Gasteiger partial charge in [-0.3, -0.25) is 9.88 Å². The predicted molar refractivity (Wildman–Crippen MR) is 79.6 cm³/mol. The third-order valence-electron chi connectivity index (χ3n) is 4.21. The molecule has 0 atom stereocenters. The van der Waals surface area contributed by atoms with E-state index < -0.39 is 0 Å². The Labute approximate surface area is 120 Å². The van der Waals surface area contributed by atoms with E-state index in [-0.39, 0.29) is 5.84 Å². The van der Waals surface area contributed by atoms with Crippen molar-refractivity contribution in [3.8, 4) is 0 Å². The lowest BCUT2D eigenvalue weighted by atomic mass is 9.86. The molecule has 0 radical (unpaired) electrons. The van der Waals surface area contributed by atoms with Gasteiger partial charge in [-0.2, -0.15) is 0 Å². The molecular weight excluding hydrogens is 252 g/mol. The van der Waals surface area contributed by atoms with Gasteiger partial charge < -0.3 is 10.9 Å². The molecule has 5 nitrogen and oxygen atoms in total. The Morgan fingerprint density at radius 3 is 2.80 bits per heavy atom. The smallest absolute Gasteiger partial charge is 0.189 e. The summed E-state index contributed by atoms with van der Waals surface area (Å²) in [6, 6.07) is 3.89. The first-order valence-corrected chi connectivity index (χ1v) is 7.26. The zero-order chi connectivity index (χ0) is 14.5.